The third kappa shape index (κ3) is 3.36. The maximum Gasteiger partial charge on any atom is 0.343 e. The first-order chi connectivity index (χ1) is 10.4. The molecule has 0 heterocycles. The molecular weight excluding hydrogens is 316 g/mol. The first-order valence-corrected chi connectivity index (χ1v) is 6.17. The van der Waals surface area contributed by atoms with Crippen molar-refractivity contribution in [3.05, 3.63) is 73.3 Å². The zero-order valence-corrected chi connectivity index (χ0v) is 11.5. The predicted octanol–water partition coefficient (Wildman–Crippen LogP) is 3.38. The van der Waals surface area contributed by atoms with E-state index in [2.05, 4.69) is 0 Å². The second kappa shape index (κ2) is 6.19. The summed E-state index contributed by atoms with van der Waals surface area (Å²) in [6, 6.07) is 8.55. The number of carbonyl (C=O) groups is 1. The number of hydrogen-bond acceptors (Lipinski definition) is 6. The van der Waals surface area contributed by atoms with Gasteiger partial charge >= 0.3 is 11.7 Å². The van der Waals surface area contributed by atoms with Crippen LogP contribution in [0.1, 0.15) is 10.4 Å². The molecule has 0 spiro atoms. The van der Waals surface area contributed by atoms with Crippen molar-refractivity contribution in [3.63, 3.8) is 0 Å². The number of carbonyl (C=O) groups excluding carboxylic acids is 1. The lowest BCUT2D eigenvalue weighted by atomic mass is 10.2. The molecule has 0 amide bonds. The van der Waals surface area contributed by atoms with Crippen LogP contribution in [0, 0.1) is 20.2 Å². The van der Waals surface area contributed by atoms with Crippen molar-refractivity contribution in [1.82, 2.24) is 0 Å². The Kier molecular flexibility index (Phi) is 4.33. The van der Waals surface area contributed by atoms with Crippen LogP contribution in [0.3, 0.4) is 0 Å². The van der Waals surface area contributed by atoms with Crippen LogP contribution in [0.5, 0.6) is 5.75 Å². The summed E-state index contributed by atoms with van der Waals surface area (Å²) in [5.41, 5.74) is -1.06. The Bertz CT molecular complexity index is 777. The van der Waals surface area contributed by atoms with E-state index in [-0.39, 0.29) is 11.3 Å². The quantitative estimate of drug-likeness (QED) is 0.369. The van der Waals surface area contributed by atoms with Crippen LogP contribution in [0.4, 0.5) is 11.4 Å². The molecule has 0 aromatic heterocycles. The maximum atomic E-state index is 11.9. The number of nitro groups is 2. The topological polar surface area (TPSA) is 113 Å². The second-order valence-corrected chi connectivity index (χ2v) is 4.50. The Morgan fingerprint density at radius 1 is 1.05 bits per heavy atom. The van der Waals surface area contributed by atoms with Gasteiger partial charge < -0.3 is 4.74 Å². The third-order valence-corrected chi connectivity index (χ3v) is 2.85. The predicted molar refractivity (Wildman–Crippen MR) is 76.2 cm³/mol. The standard InChI is InChI=1S/C13H7ClN2O6/c14-9-3-1-2-8(6-9)13(17)22-12-5-4-10(15(18)19)7-11(12)16(20)21/h1-7H. The molecule has 2 aromatic carbocycles. The van der Waals surface area contributed by atoms with Gasteiger partial charge in [-0.15, -0.1) is 0 Å². The molecule has 8 nitrogen and oxygen atoms in total. The minimum absolute atomic E-state index is 0.0974. The molecule has 0 aliphatic heterocycles. The van der Waals surface area contributed by atoms with E-state index in [9.17, 15) is 25.0 Å². The van der Waals surface area contributed by atoms with Crippen molar-refractivity contribution in [2.75, 3.05) is 0 Å². The van der Waals surface area contributed by atoms with Crippen LogP contribution < -0.4 is 4.74 Å². The van der Waals surface area contributed by atoms with Crippen LogP contribution >= 0.6 is 11.6 Å². The lowest BCUT2D eigenvalue weighted by Crippen LogP contribution is -2.09. The van der Waals surface area contributed by atoms with Crippen LogP contribution in [0.2, 0.25) is 5.02 Å². The zero-order chi connectivity index (χ0) is 16.3. The summed E-state index contributed by atoms with van der Waals surface area (Å²) in [6.07, 6.45) is 0. The fourth-order valence-electron chi connectivity index (χ4n) is 1.62. The van der Waals surface area contributed by atoms with Gasteiger partial charge in [-0.05, 0) is 24.3 Å². The molecule has 0 aliphatic rings. The van der Waals surface area contributed by atoms with Gasteiger partial charge in [-0.1, -0.05) is 17.7 Å². The van der Waals surface area contributed by atoms with E-state index in [1.165, 1.54) is 18.2 Å². The maximum absolute atomic E-state index is 11.9. The smallest absolute Gasteiger partial charge is 0.343 e. The van der Waals surface area contributed by atoms with E-state index in [4.69, 9.17) is 16.3 Å². The van der Waals surface area contributed by atoms with Crippen LogP contribution in [-0.4, -0.2) is 15.8 Å². The molecule has 0 unspecified atom stereocenters. The monoisotopic (exact) mass is 322 g/mol. The number of ether oxygens (including phenoxy) is 1. The van der Waals surface area contributed by atoms with Gasteiger partial charge in [0.05, 0.1) is 21.5 Å². The van der Waals surface area contributed by atoms with Crippen molar-refractivity contribution >= 4 is 28.9 Å². The van der Waals surface area contributed by atoms with Gasteiger partial charge in [0.25, 0.3) is 5.69 Å². The highest BCUT2D eigenvalue weighted by Gasteiger charge is 2.23. The minimum atomic E-state index is -0.867. The first kappa shape index (κ1) is 15.4. The fraction of sp³-hybridized carbons (Fsp3) is 0. The second-order valence-electron chi connectivity index (χ2n) is 4.07. The summed E-state index contributed by atoms with van der Waals surface area (Å²) in [5, 5.41) is 21.9. The van der Waals surface area contributed by atoms with Gasteiger partial charge in [0.2, 0.25) is 5.75 Å². The molecule has 112 valence electrons. The van der Waals surface area contributed by atoms with Crippen LogP contribution in [0.25, 0.3) is 0 Å². The summed E-state index contributed by atoms with van der Waals surface area (Å²) in [5.74, 6) is -1.25. The molecule has 0 aliphatic carbocycles. The summed E-state index contributed by atoms with van der Waals surface area (Å²) < 4.78 is 4.92. The van der Waals surface area contributed by atoms with Crippen molar-refractivity contribution in [2.45, 2.75) is 0 Å². The van der Waals surface area contributed by atoms with Gasteiger partial charge in [-0.3, -0.25) is 20.2 Å². The number of nitrogens with zero attached hydrogens (tertiary/aromatic N) is 2. The van der Waals surface area contributed by atoms with Crippen molar-refractivity contribution in [3.8, 4) is 5.75 Å². The first-order valence-electron chi connectivity index (χ1n) is 5.79. The highest BCUT2D eigenvalue weighted by molar-refractivity contribution is 6.30. The molecule has 2 aromatic rings. The largest absolute Gasteiger partial charge is 0.416 e. The van der Waals surface area contributed by atoms with E-state index >= 15 is 0 Å². The molecule has 0 bridgehead atoms. The fourth-order valence-corrected chi connectivity index (χ4v) is 1.81. The Hall–Kier alpha value is -3.00. The molecule has 0 N–H and O–H groups in total. The highest BCUT2D eigenvalue weighted by atomic mass is 35.5. The molecule has 22 heavy (non-hydrogen) atoms. The Morgan fingerprint density at radius 3 is 2.36 bits per heavy atom. The molecule has 0 saturated heterocycles. The van der Waals surface area contributed by atoms with E-state index < -0.39 is 27.2 Å². The molecular formula is C13H7ClN2O6. The Balaban J connectivity index is 2.34. The van der Waals surface area contributed by atoms with E-state index in [1.807, 2.05) is 0 Å². The number of halogens is 1. The van der Waals surface area contributed by atoms with Gasteiger partial charge in [-0.2, -0.15) is 0 Å². The van der Waals surface area contributed by atoms with Crippen LogP contribution in [-0.2, 0) is 0 Å². The van der Waals surface area contributed by atoms with E-state index in [0.717, 1.165) is 18.2 Å². The normalized spacial score (nSPS) is 10.0. The summed E-state index contributed by atoms with van der Waals surface area (Å²) >= 11 is 5.74. The number of rotatable bonds is 4. The molecule has 0 atom stereocenters. The molecule has 9 heteroatoms. The Morgan fingerprint density at radius 2 is 1.77 bits per heavy atom. The van der Waals surface area contributed by atoms with Crippen molar-refractivity contribution < 1.29 is 19.4 Å². The third-order valence-electron chi connectivity index (χ3n) is 2.61. The molecule has 0 radical (unpaired) electrons. The summed E-state index contributed by atoms with van der Waals surface area (Å²) in [6.45, 7) is 0. The number of non-ortho nitro benzene ring substituents is 1. The minimum Gasteiger partial charge on any atom is -0.416 e. The molecule has 0 fully saturated rings. The van der Waals surface area contributed by atoms with E-state index in [0.29, 0.717) is 5.02 Å². The van der Waals surface area contributed by atoms with Gasteiger partial charge in [-0.25, -0.2) is 4.79 Å². The van der Waals surface area contributed by atoms with E-state index in [1.54, 1.807) is 6.07 Å². The number of hydrogen-bond donors (Lipinski definition) is 0. The number of nitro benzene ring substituents is 2. The van der Waals surface area contributed by atoms with Gasteiger partial charge in [0.1, 0.15) is 0 Å². The van der Waals surface area contributed by atoms with Crippen molar-refractivity contribution in [2.24, 2.45) is 0 Å². The zero-order valence-electron chi connectivity index (χ0n) is 10.8. The van der Waals surface area contributed by atoms with Crippen LogP contribution in [0.15, 0.2) is 42.5 Å². The van der Waals surface area contributed by atoms with Gasteiger partial charge in [0, 0.05) is 11.1 Å². The average Bonchev–Trinajstić information content (AvgIpc) is 2.47. The summed E-state index contributed by atoms with van der Waals surface area (Å²) in [4.78, 5) is 31.8. The lowest BCUT2D eigenvalue weighted by molar-refractivity contribution is -0.394. The number of benzene rings is 2. The average molecular weight is 323 g/mol. The molecule has 0 saturated carbocycles. The van der Waals surface area contributed by atoms with Gasteiger partial charge in [0.15, 0.2) is 0 Å². The SMILES string of the molecule is O=C(Oc1ccc([N+](=O)[O-])cc1[N+](=O)[O-])c1cccc(Cl)c1. The lowest BCUT2D eigenvalue weighted by Gasteiger charge is -2.05. The Labute approximate surface area is 128 Å². The summed E-state index contributed by atoms with van der Waals surface area (Å²) in [7, 11) is 0. The molecule has 2 rings (SSSR count). The number of esters is 1. The van der Waals surface area contributed by atoms with Crippen molar-refractivity contribution in [1.29, 1.82) is 0 Å². The highest BCUT2D eigenvalue weighted by Crippen LogP contribution is 2.31.